The maximum absolute atomic E-state index is 11.1. The number of ether oxygens (including phenoxy) is 1. The molecule has 7 heteroatoms. The number of benzene rings is 1. The number of methoxy groups -OCH3 is 1. The molecule has 0 amide bonds. The van der Waals surface area contributed by atoms with Gasteiger partial charge in [-0.15, -0.1) is 0 Å². The van der Waals surface area contributed by atoms with Crippen LogP contribution in [0.15, 0.2) is 24.3 Å². The van der Waals surface area contributed by atoms with Crippen LogP contribution in [0.4, 0.5) is 0 Å². The zero-order valence-corrected chi connectivity index (χ0v) is 9.33. The first kappa shape index (κ1) is 13.7. The van der Waals surface area contributed by atoms with Crippen molar-refractivity contribution in [3.63, 3.8) is 0 Å². The molecule has 0 aliphatic heterocycles. The molecular weight excluding hydrogens is 227 g/mol. The van der Waals surface area contributed by atoms with Crippen LogP contribution in [0.2, 0.25) is 0 Å². The van der Waals surface area contributed by atoms with Crippen molar-refractivity contribution in [2.24, 2.45) is 0 Å². The molecule has 0 aliphatic carbocycles. The topological polar surface area (TPSA) is 85.2 Å². The van der Waals surface area contributed by atoms with E-state index in [1.54, 1.807) is 0 Å². The van der Waals surface area contributed by atoms with Crippen molar-refractivity contribution in [3.8, 4) is 0 Å². The molecule has 0 atom stereocenters. The van der Waals surface area contributed by atoms with Crippen LogP contribution >= 0.6 is 0 Å². The molecule has 17 heavy (non-hydrogen) atoms. The van der Waals surface area contributed by atoms with Gasteiger partial charge in [-0.05, 0) is 17.6 Å². The van der Waals surface area contributed by atoms with Gasteiger partial charge in [-0.25, -0.2) is 9.68 Å². The Kier molecular flexibility index (Phi) is 5.64. The molecule has 92 valence electrons. The van der Waals surface area contributed by atoms with E-state index >= 15 is 0 Å². The first-order valence-electron chi connectivity index (χ1n) is 4.94. The van der Waals surface area contributed by atoms with Crippen LogP contribution in [0, 0.1) is 0 Å². The van der Waals surface area contributed by atoms with Gasteiger partial charge < -0.3 is 14.9 Å². The van der Waals surface area contributed by atoms with Gasteiger partial charge in [0.05, 0.1) is 19.3 Å². The lowest BCUT2D eigenvalue weighted by Crippen LogP contribution is -2.34. The summed E-state index contributed by atoms with van der Waals surface area (Å²) < 4.78 is 4.53. The average Bonchev–Trinajstić information content (AvgIpc) is 2.38. The second kappa shape index (κ2) is 7.03. The van der Waals surface area contributed by atoms with E-state index in [1.165, 1.54) is 31.4 Å². The van der Waals surface area contributed by atoms with Crippen molar-refractivity contribution in [2.45, 2.75) is 0 Å². The molecule has 6 nitrogen and oxygen atoms in total. The minimum absolute atomic E-state index is 0.0305. The van der Waals surface area contributed by atoms with E-state index in [2.05, 4.69) is 14.4 Å². The predicted molar refractivity (Wildman–Crippen MR) is 59.5 cm³/mol. The molecule has 0 heterocycles. The zero-order chi connectivity index (χ0) is 12.7. The van der Waals surface area contributed by atoms with Crippen molar-refractivity contribution in [2.75, 3.05) is 20.3 Å². The molecular formula is C10H13BO6. The molecule has 1 aromatic rings. The summed E-state index contributed by atoms with van der Waals surface area (Å²) in [4.78, 5) is 20.2. The third-order valence-electron chi connectivity index (χ3n) is 1.95. The van der Waals surface area contributed by atoms with E-state index in [0.29, 0.717) is 11.0 Å². The van der Waals surface area contributed by atoms with Gasteiger partial charge in [0, 0.05) is 0 Å². The molecule has 0 radical (unpaired) electrons. The molecule has 2 N–H and O–H groups in total. The van der Waals surface area contributed by atoms with E-state index < -0.39 is 13.1 Å². The number of aliphatic hydroxyl groups excluding tert-OH is 1. The summed E-state index contributed by atoms with van der Waals surface area (Å²) in [6.07, 6.45) is 0. The first-order valence-corrected chi connectivity index (χ1v) is 4.94. The lowest BCUT2D eigenvalue weighted by molar-refractivity contribution is -0.225. The van der Waals surface area contributed by atoms with Crippen LogP contribution in [0.5, 0.6) is 0 Å². The number of rotatable bonds is 6. The largest absolute Gasteiger partial charge is 0.523 e. The summed E-state index contributed by atoms with van der Waals surface area (Å²) in [5.41, 5.74) is 0.801. The summed E-state index contributed by atoms with van der Waals surface area (Å²) in [5, 5.41) is 17.9. The van der Waals surface area contributed by atoms with Gasteiger partial charge in [0.15, 0.2) is 0 Å². The highest BCUT2D eigenvalue weighted by Gasteiger charge is 2.18. The van der Waals surface area contributed by atoms with Gasteiger partial charge in [-0.1, -0.05) is 12.1 Å². The van der Waals surface area contributed by atoms with Gasteiger partial charge in [0.25, 0.3) is 0 Å². The second-order valence-corrected chi connectivity index (χ2v) is 3.11. The Morgan fingerprint density at radius 3 is 2.53 bits per heavy atom. The smallest absolute Gasteiger partial charge is 0.465 e. The van der Waals surface area contributed by atoms with Gasteiger partial charge in [-0.3, -0.25) is 4.81 Å². The molecule has 1 rings (SSSR count). The van der Waals surface area contributed by atoms with E-state index in [4.69, 9.17) is 5.11 Å². The molecule has 0 bridgehead atoms. The van der Waals surface area contributed by atoms with Gasteiger partial charge in [0.1, 0.15) is 6.61 Å². The van der Waals surface area contributed by atoms with Crippen molar-refractivity contribution in [3.05, 3.63) is 29.8 Å². The minimum atomic E-state index is -1.27. The Morgan fingerprint density at radius 2 is 2.00 bits per heavy atom. The Hall–Kier alpha value is -1.41. The Morgan fingerprint density at radius 1 is 1.35 bits per heavy atom. The molecule has 0 saturated heterocycles. The van der Waals surface area contributed by atoms with E-state index in [0.717, 1.165) is 0 Å². The van der Waals surface area contributed by atoms with Gasteiger partial charge >= 0.3 is 13.1 Å². The van der Waals surface area contributed by atoms with Crippen molar-refractivity contribution in [1.82, 2.24) is 0 Å². The van der Waals surface area contributed by atoms with Crippen molar-refractivity contribution in [1.29, 1.82) is 0 Å². The standard InChI is InChI=1S/C10H13BO6/c1-15-10(13)8-2-4-9(5-3-8)11(14)17-16-7-6-12/h2-5,12,14H,6-7H2,1H3. The number of carbonyl (C=O) groups excluding carboxylic acids is 1. The fourth-order valence-corrected chi connectivity index (χ4v) is 1.11. The highest BCUT2D eigenvalue weighted by Crippen LogP contribution is 2.00. The Balaban J connectivity index is 2.57. The predicted octanol–water partition coefficient (Wildman–Crippen LogP) is -0.899. The van der Waals surface area contributed by atoms with Crippen LogP contribution in [-0.2, 0) is 14.4 Å². The quantitative estimate of drug-likeness (QED) is 0.220. The first-order chi connectivity index (χ1) is 8.19. The average molecular weight is 240 g/mol. The molecule has 0 aliphatic rings. The van der Waals surface area contributed by atoms with Gasteiger partial charge in [0.2, 0.25) is 0 Å². The summed E-state index contributed by atoms with van der Waals surface area (Å²) in [7, 11) is 0.0185. The molecule has 0 saturated carbocycles. The Labute approximate surface area is 98.8 Å². The van der Waals surface area contributed by atoms with Crippen LogP contribution in [0.25, 0.3) is 0 Å². The maximum atomic E-state index is 11.1. The third-order valence-corrected chi connectivity index (χ3v) is 1.95. The van der Waals surface area contributed by atoms with Gasteiger partial charge in [-0.2, -0.15) is 0 Å². The highest BCUT2D eigenvalue weighted by molar-refractivity contribution is 6.59. The number of aliphatic hydroxyl groups is 1. The fraction of sp³-hybridized carbons (Fsp3) is 0.300. The zero-order valence-electron chi connectivity index (χ0n) is 9.33. The van der Waals surface area contributed by atoms with Crippen molar-refractivity contribution >= 4 is 18.6 Å². The Bertz CT molecular complexity index is 352. The molecule has 0 unspecified atom stereocenters. The summed E-state index contributed by atoms with van der Waals surface area (Å²) in [6.45, 7) is -0.231. The van der Waals surface area contributed by atoms with E-state index in [-0.39, 0.29) is 13.2 Å². The number of hydrogen-bond donors (Lipinski definition) is 2. The van der Waals surface area contributed by atoms with E-state index in [1.807, 2.05) is 0 Å². The van der Waals surface area contributed by atoms with E-state index in [9.17, 15) is 9.82 Å². The highest BCUT2D eigenvalue weighted by atomic mass is 17.2. The van der Waals surface area contributed by atoms with Crippen molar-refractivity contribution < 1.29 is 29.4 Å². The molecule has 0 aromatic heterocycles. The summed E-state index contributed by atoms with van der Waals surface area (Å²) in [6, 6.07) is 6.03. The SMILES string of the molecule is COC(=O)c1ccc(B(O)OOCCO)cc1. The second-order valence-electron chi connectivity index (χ2n) is 3.11. The summed E-state index contributed by atoms with van der Waals surface area (Å²) >= 11 is 0. The fourth-order valence-electron chi connectivity index (χ4n) is 1.11. The monoisotopic (exact) mass is 240 g/mol. The number of carbonyl (C=O) groups is 1. The van der Waals surface area contributed by atoms with Crippen LogP contribution < -0.4 is 5.46 Å². The molecule has 1 aromatic carbocycles. The number of hydrogen-bond acceptors (Lipinski definition) is 6. The maximum Gasteiger partial charge on any atom is 0.523 e. The van der Waals surface area contributed by atoms with Crippen LogP contribution in [-0.4, -0.2) is 43.5 Å². The van der Waals surface area contributed by atoms with Crippen LogP contribution in [0.1, 0.15) is 10.4 Å². The minimum Gasteiger partial charge on any atom is -0.465 e. The van der Waals surface area contributed by atoms with Crippen LogP contribution in [0.3, 0.4) is 0 Å². The lowest BCUT2D eigenvalue weighted by atomic mass is 9.80. The summed E-state index contributed by atoms with van der Waals surface area (Å²) in [5.74, 6) is -0.455. The normalized spacial score (nSPS) is 10.1. The molecule has 0 fully saturated rings. The molecule has 0 spiro atoms. The lowest BCUT2D eigenvalue weighted by Gasteiger charge is -2.07. The number of esters is 1. The third kappa shape index (κ3) is 4.16.